The van der Waals surface area contributed by atoms with Gasteiger partial charge in [0.2, 0.25) is 5.91 Å². The Kier molecular flexibility index (Phi) is 3.10. The summed E-state index contributed by atoms with van der Waals surface area (Å²) < 4.78 is 0.614. The SMILES string of the molecule is CN(Cc1nc2ccsc2c(=O)[nH]1)C(=O)C1(CN)CC1. The lowest BCUT2D eigenvalue weighted by Crippen LogP contribution is -2.38. The highest BCUT2D eigenvalue weighted by Crippen LogP contribution is 2.46. The number of amides is 1. The van der Waals surface area contributed by atoms with Crippen molar-refractivity contribution in [1.82, 2.24) is 14.9 Å². The van der Waals surface area contributed by atoms with E-state index in [0.717, 1.165) is 12.8 Å². The van der Waals surface area contributed by atoms with E-state index in [-0.39, 0.29) is 16.9 Å². The fourth-order valence-electron chi connectivity index (χ4n) is 2.35. The van der Waals surface area contributed by atoms with Crippen molar-refractivity contribution in [3.8, 4) is 0 Å². The van der Waals surface area contributed by atoms with Crippen LogP contribution in [-0.4, -0.2) is 34.4 Å². The molecular formula is C13H16N4O2S. The van der Waals surface area contributed by atoms with Crippen LogP contribution >= 0.6 is 11.3 Å². The number of carbonyl (C=O) groups excluding carboxylic acids is 1. The minimum atomic E-state index is -0.373. The van der Waals surface area contributed by atoms with Gasteiger partial charge in [0.1, 0.15) is 10.5 Å². The summed E-state index contributed by atoms with van der Waals surface area (Å²) in [6, 6.07) is 1.81. The van der Waals surface area contributed by atoms with Crippen molar-refractivity contribution in [2.75, 3.05) is 13.6 Å². The summed E-state index contributed by atoms with van der Waals surface area (Å²) in [5.41, 5.74) is 5.82. The normalized spacial score (nSPS) is 16.3. The van der Waals surface area contributed by atoms with E-state index in [1.807, 2.05) is 11.4 Å². The van der Waals surface area contributed by atoms with Crippen molar-refractivity contribution in [3.05, 3.63) is 27.6 Å². The van der Waals surface area contributed by atoms with Crippen molar-refractivity contribution in [2.24, 2.45) is 11.1 Å². The van der Waals surface area contributed by atoms with Gasteiger partial charge >= 0.3 is 0 Å². The highest BCUT2D eigenvalue weighted by molar-refractivity contribution is 7.17. The van der Waals surface area contributed by atoms with Crippen LogP contribution in [-0.2, 0) is 11.3 Å². The van der Waals surface area contributed by atoms with Crippen molar-refractivity contribution in [1.29, 1.82) is 0 Å². The molecule has 6 nitrogen and oxygen atoms in total. The predicted molar refractivity (Wildman–Crippen MR) is 77.4 cm³/mol. The molecule has 0 radical (unpaired) electrons. The summed E-state index contributed by atoms with van der Waals surface area (Å²) in [6.07, 6.45) is 1.69. The summed E-state index contributed by atoms with van der Waals surface area (Å²) in [5.74, 6) is 0.539. The smallest absolute Gasteiger partial charge is 0.268 e. The standard InChI is InChI=1S/C13H16N4O2S/c1-17(12(19)13(7-14)3-4-13)6-9-15-8-2-5-20-10(8)11(18)16-9/h2,5H,3-4,6-7,14H2,1H3,(H,15,16,18). The number of H-pyrrole nitrogens is 1. The maximum absolute atomic E-state index is 12.3. The molecule has 7 heteroatoms. The third-order valence-electron chi connectivity index (χ3n) is 3.80. The summed E-state index contributed by atoms with van der Waals surface area (Å²) in [6.45, 7) is 0.672. The summed E-state index contributed by atoms with van der Waals surface area (Å²) in [4.78, 5) is 32.9. The minimum absolute atomic E-state index is 0.0352. The highest BCUT2D eigenvalue weighted by Gasteiger charge is 2.49. The van der Waals surface area contributed by atoms with Crippen LogP contribution in [0, 0.1) is 5.41 Å². The Morgan fingerprint density at radius 2 is 2.35 bits per heavy atom. The second-order valence-electron chi connectivity index (χ2n) is 5.29. The Morgan fingerprint density at radius 3 is 3.00 bits per heavy atom. The molecule has 1 amide bonds. The van der Waals surface area contributed by atoms with Gasteiger partial charge in [-0.15, -0.1) is 11.3 Å². The molecule has 0 spiro atoms. The highest BCUT2D eigenvalue weighted by atomic mass is 32.1. The van der Waals surface area contributed by atoms with Gasteiger partial charge in [-0.1, -0.05) is 0 Å². The van der Waals surface area contributed by atoms with E-state index in [9.17, 15) is 9.59 Å². The molecule has 3 rings (SSSR count). The molecule has 0 atom stereocenters. The Bertz CT molecular complexity index is 716. The molecule has 2 aromatic rings. The molecule has 3 N–H and O–H groups in total. The molecule has 1 aliphatic rings. The first-order valence-corrected chi connectivity index (χ1v) is 7.36. The topological polar surface area (TPSA) is 92.1 Å². The fourth-order valence-corrected chi connectivity index (χ4v) is 3.08. The lowest BCUT2D eigenvalue weighted by Gasteiger charge is -2.21. The van der Waals surface area contributed by atoms with Gasteiger partial charge in [0.15, 0.2) is 0 Å². The molecule has 1 saturated carbocycles. The number of hydrogen-bond acceptors (Lipinski definition) is 5. The lowest BCUT2D eigenvalue weighted by atomic mass is 10.1. The summed E-state index contributed by atoms with van der Waals surface area (Å²) >= 11 is 1.36. The number of nitrogens with zero attached hydrogens (tertiary/aromatic N) is 2. The van der Waals surface area contributed by atoms with Crippen LogP contribution in [0.15, 0.2) is 16.2 Å². The van der Waals surface area contributed by atoms with Crippen molar-refractivity contribution < 1.29 is 4.79 Å². The van der Waals surface area contributed by atoms with E-state index in [4.69, 9.17) is 5.73 Å². The van der Waals surface area contributed by atoms with E-state index in [1.54, 1.807) is 11.9 Å². The van der Waals surface area contributed by atoms with Gasteiger partial charge in [0, 0.05) is 13.6 Å². The number of rotatable bonds is 4. The molecule has 0 bridgehead atoms. The summed E-state index contributed by atoms with van der Waals surface area (Å²) in [7, 11) is 1.72. The monoisotopic (exact) mass is 292 g/mol. The van der Waals surface area contributed by atoms with Gasteiger partial charge in [-0.2, -0.15) is 0 Å². The Balaban J connectivity index is 1.82. The van der Waals surface area contributed by atoms with Crippen LogP contribution in [0.3, 0.4) is 0 Å². The third kappa shape index (κ3) is 2.12. The molecule has 0 aromatic carbocycles. The quantitative estimate of drug-likeness (QED) is 0.867. The predicted octanol–water partition coefficient (Wildman–Crippen LogP) is 0.682. The molecular weight excluding hydrogens is 276 g/mol. The average Bonchev–Trinajstić information content (AvgIpc) is 3.09. The zero-order valence-electron chi connectivity index (χ0n) is 11.2. The van der Waals surface area contributed by atoms with E-state index in [2.05, 4.69) is 9.97 Å². The zero-order valence-corrected chi connectivity index (χ0v) is 12.0. The van der Waals surface area contributed by atoms with Gasteiger partial charge in [0.05, 0.1) is 17.5 Å². The molecule has 20 heavy (non-hydrogen) atoms. The number of nitrogens with one attached hydrogen (secondary N) is 1. The average molecular weight is 292 g/mol. The number of thiophene rings is 1. The number of aromatic nitrogens is 2. The molecule has 0 saturated heterocycles. The van der Waals surface area contributed by atoms with Gasteiger partial charge in [-0.3, -0.25) is 9.59 Å². The number of aromatic amines is 1. The minimum Gasteiger partial charge on any atom is -0.338 e. The van der Waals surface area contributed by atoms with Crippen LogP contribution in [0.4, 0.5) is 0 Å². The Morgan fingerprint density at radius 1 is 1.60 bits per heavy atom. The Hall–Kier alpha value is -1.73. The molecule has 0 unspecified atom stereocenters. The number of nitrogens with two attached hydrogens (primary N) is 1. The van der Waals surface area contributed by atoms with Gasteiger partial charge in [-0.25, -0.2) is 4.98 Å². The van der Waals surface area contributed by atoms with Crippen LogP contribution in [0.2, 0.25) is 0 Å². The van der Waals surface area contributed by atoms with Crippen LogP contribution in [0.1, 0.15) is 18.7 Å². The Labute approximate surface area is 119 Å². The van der Waals surface area contributed by atoms with E-state index in [0.29, 0.717) is 29.1 Å². The van der Waals surface area contributed by atoms with Crippen molar-refractivity contribution in [2.45, 2.75) is 19.4 Å². The second kappa shape index (κ2) is 4.68. The first kappa shape index (κ1) is 13.3. The largest absolute Gasteiger partial charge is 0.338 e. The van der Waals surface area contributed by atoms with Gasteiger partial charge < -0.3 is 15.6 Å². The van der Waals surface area contributed by atoms with Crippen molar-refractivity contribution in [3.63, 3.8) is 0 Å². The number of hydrogen-bond donors (Lipinski definition) is 2. The molecule has 1 aliphatic carbocycles. The number of carbonyl (C=O) groups is 1. The fraction of sp³-hybridized carbons (Fsp3) is 0.462. The van der Waals surface area contributed by atoms with E-state index >= 15 is 0 Å². The van der Waals surface area contributed by atoms with E-state index < -0.39 is 0 Å². The van der Waals surface area contributed by atoms with Crippen molar-refractivity contribution >= 4 is 27.5 Å². The van der Waals surface area contributed by atoms with Gasteiger partial charge in [0.25, 0.3) is 5.56 Å². The molecule has 106 valence electrons. The third-order valence-corrected chi connectivity index (χ3v) is 4.70. The molecule has 2 aromatic heterocycles. The zero-order chi connectivity index (χ0) is 14.3. The first-order chi connectivity index (χ1) is 9.55. The van der Waals surface area contributed by atoms with Gasteiger partial charge in [-0.05, 0) is 24.3 Å². The maximum atomic E-state index is 12.3. The molecule has 0 aliphatic heterocycles. The number of fused-ring (bicyclic) bond motifs is 1. The second-order valence-corrected chi connectivity index (χ2v) is 6.21. The maximum Gasteiger partial charge on any atom is 0.268 e. The van der Waals surface area contributed by atoms with Crippen LogP contribution < -0.4 is 11.3 Å². The molecule has 2 heterocycles. The van der Waals surface area contributed by atoms with Crippen LogP contribution in [0.5, 0.6) is 0 Å². The first-order valence-electron chi connectivity index (χ1n) is 6.48. The lowest BCUT2D eigenvalue weighted by molar-refractivity contribution is -0.135. The van der Waals surface area contributed by atoms with E-state index in [1.165, 1.54) is 11.3 Å². The van der Waals surface area contributed by atoms with Crippen LogP contribution in [0.25, 0.3) is 10.2 Å². The molecule has 1 fully saturated rings. The summed E-state index contributed by atoms with van der Waals surface area (Å²) in [5, 5.41) is 1.83.